The lowest BCUT2D eigenvalue weighted by atomic mass is 10.2. The fourth-order valence-corrected chi connectivity index (χ4v) is 2.36. The number of hydrazine groups is 1. The van der Waals surface area contributed by atoms with E-state index in [2.05, 4.69) is 16.2 Å². The maximum absolute atomic E-state index is 11.8. The number of aldehydes is 1. The molecule has 0 heterocycles. The second-order valence-electron chi connectivity index (χ2n) is 4.47. The molecule has 0 aromatic heterocycles. The summed E-state index contributed by atoms with van der Waals surface area (Å²) in [5.41, 5.74) is 5.39. The SMILES string of the molecule is CSCC[C@@H](C=O)NC(=O)C(C)NNCCCS(=O)(=O)O. The van der Waals surface area contributed by atoms with Gasteiger partial charge in [-0.2, -0.15) is 20.2 Å². The molecule has 1 amide bonds. The average molecular weight is 341 g/mol. The van der Waals surface area contributed by atoms with Crippen molar-refractivity contribution in [3.63, 3.8) is 0 Å². The Morgan fingerprint density at radius 2 is 2.10 bits per heavy atom. The maximum Gasteiger partial charge on any atom is 0.264 e. The zero-order valence-corrected chi connectivity index (χ0v) is 13.8. The van der Waals surface area contributed by atoms with Crippen LogP contribution in [0.2, 0.25) is 0 Å². The molecule has 0 spiro atoms. The van der Waals surface area contributed by atoms with Crippen LogP contribution in [-0.4, -0.2) is 61.6 Å². The number of rotatable bonds is 12. The number of carbonyl (C=O) groups is 2. The molecule has 0 rings (SSSR count). The molecule has 2 atom stereocenters. The minimum Gasteiger partial charge on any atom is -0.345 e. The minimum atomic E-state index is -3.96. The predicted molar refractivity (Wildman–Crippen MR) is 82.6 cm³/mol. The first-order valence-corrected chi connectivity index (χ1v) is 9.48. The van der Waals surface area contributed by atoms with E-state index in [4.69, 9.17) is 4.55 Å². The standard InChI is InChI=1S/C11H23N3O5S2/c1-9(14-12-5-3-7-21(17,18)19)11(16)13-10(8-15)4-6-20-2/h8-10,12,14H,3-7H2,1-2H3,(H,13,16)(H,17,18,19)/t9?,10-/m0/s1. The van der Waals surface area contributed by atoms with Crippen molar-refractivity contribution in [2.24, 2.45) is 0 Å². The smallest absolute Gasteiger partial charge is 0.264 e. The quantitative estimate of drug-likeness (QED) is 0.157. The molecule has 0 aliphatic heterocycles. The average Bonchev–Trinajstić information content (AvgIpc) is 2.41. The lowest BCUT2D eigenvalue weighted by molar-refractivity contribution is -0.125. The summed E-state index contributed by atoms with van der Waals surface area (Å²) < 4.78 is 29.5. The van der Waals surface area contributed by atoms with Crippen LogP contribution in [0.15, 0.2) is 0 Å². The van der Waals surface area contributed by atoms with E-state index in [0.717, 1.165) is 5.75 Å². The Labute approximate surface area is 129 Å². The molecule has 0 fully saturated rings. The van der Waals surface area contributed by atoms with Crippen molar-refractivity contribution in [3.05, 3.63) is 0 Å². The van der Waals surface area contributed by atoms with Gasteiger partial charge in [-0.3, -0.25) is 14.8 Å². The molecule has 0 aliphatic carbocycles. The van der Waals surface area contributed by atoms with Gasteiger partial charge in [-0.25, -0.2) is 5.43 Å². The highest BCUT2D eigenvalue weighted by Crippen LogP contribution is 1.99. The minimum absolute atomic E-state index is 0.213. The van der Waals surface area contributed by atoms with Crippen molar-refractivity contribution in [1.82, 2.24) is 16.2 Å². The van der Waals surface area contributed by atoms with E-state index in [0.29, 0.717) is 12.7 Å². The van der Waals surface area contributed by atoms with Crippen LogP contribution < -0.4 is 16.2 Å². The van der Waals surface area contributed by atoms with E-state index < -0.39 is 22.2 Å². The first kappa shape index (κ1) is 20.3. The van der Waals surface area contributed by atoms with Gasteiger partial charge in [0.25, 0.3) is 10.1 Å². The lowest BCUT2D eigenvalue weighted by Crippen LogP contribution is -2.51. The van der Waals surface area contributed by atoms with Gasteiger partial charge in [-0.15, -0.1) is 0 Å². The monoisotopic (exact) mass is 341 g/mol. The van der Waals surface area contributed by atoms with Gasteiger partial charge in [0.15, 0.2) is 0 Å². The largest absolute Gasteiger partial charge is 0.345 e. The molecule has 0 aliphatic rings. The Hall–Kier alpha value is -0.680. The first-order valence-electron chi connectivity index (χ1n) is 6.48. The van der Waals surface area contributed by atoms with E-state index in [9.17, 15) is 18.0 Å². The molecule has 0 radical (unpaired) electrons. The normalized spacial score (nSPS) is 14.4. The molecule has 10 heteroatoms. The van der Waals surface area contributed by atoms with Crippen LogP contribution in [0.4, 0.5) is 0 Å². The second kappa shape index (κ2) is 11.0. The lowest BCUT2D eigenvalue weighted by Gasteiger charge is -2.18. The third-order valence-electron chi connectivity index (χ3n) is 2.54. The van der Waals surface area contributed by atoms with Gasteiger partial charge < -0.3 is 10.1 Å². The Bertz CT molecular complexity index is 416. The van der Waals surface area contributed by atoms with Crippen molar-refractivity contribution >= 4 is 34.1 Å². The fourth-order valence-electron chi connectivity index (χ4n) is 1.36. The summed E-state index contributed by atoms with van der Waals surface area (Å²) in [6.07, 6.45) is 3.42. The summed E-state index contributed by atoms with van der Waals surface area (Å²) in [7, 11) is -3.96. The van der Waals surface area contributed by atoms with Crippen LogP contribution in [0.25, 0.3) is 0 Å². The number of hydrogen-bond donors (Lipinski definition) is 4. The third-order valence-corrected chi connectivity index (χ3v) is 3.99. The van der Waals surface area contributed by atoms with Crippen LogP contribution >= 0.6 is 11.8 Å². The summed E-state index contributed by atoms with van der Waals surface area (Å²) in [5, 5.41) is 2.61. The van der Waals surface area contributed by atoms with E-state index in [-0.39, 0.29) is 24.6 Å². The van der Waals surface area contributed by atoms with Crippen LogP contribution in [0.5, 0.6) is 0 Å². The van der Waals surface area contributed by atoms with Gasteiger partial charge in [0.05, 0.1) is 17.8 Å². The molecule has 8 nitrogen and oxygen atoms in total. The second-order valence-corrected chi connectivity index (χ2v) is 7.02. The van der Waals surface area contributed by atoms with Gasteiger partial charge in [0.2, 0.25) is 5.91 Å². The van der Waals surface area contributed by atoms with Crippen molar-refractivity contribution in [1.29, 1.82) is 0 Å². The van der Waals surface area contributed by atoms with Crippen LogP contribution in [0.3, 0.4) is 0 Å². The summed E-state index contributed by atoms with van der Waals surface area (Å²) in [6, 6.07) is -1.08. The fraction of sp³-hybridized carbons (Fsp3) is 0.818. The van der Waals surface area contributed by atoms with Crippen molar-refractivity contribution < 1.29 is 22.6 Å². The van der Waals surface area contributed by atoms with Crippen molar-refractivity contribution in [3.8, 4) is 0 Å². The van der Waals surface area contributed by atoms with Crippen LogP contribution in [0.1, 0.15) is 19.8 Å². The molecule has 0 aromatic rings. The number of nitrogens with one attached hydrogen (secondary N) is 3. The third kappa shape index (κ3) is 11.6. The van der Waals surface area contributed by atoms with E-state index >= 15 is 0 Å². The van der Waals surface area contributed by atoms with Crippen molar-refractivity contribution in [2.45, 2.75) is 31.8 Å². The Balaban J connectivity index is 3.91. The highest BCUT2D eigenvalue weighted by molar-refractivity contribution is 7.98. The first-order chi connectivity index (χ1) is 9.80. The van der Waals surface area contributed by atoms with Gasteiger partial charge in [0, 0.05) is 6.54 Å². The van der Waals surface area contributed by atoms with E-state index in [1.54, 1.807) is 18.7 Å². The highest BCUT2D eigenvalue weighted by Gasteiger charge is 2.16. The molecule has 0 saturated heterocycles. The maximum atomic E-state index is 11.8. The molecule has 21 heavy (non-hydrogen) atoms. The van der Waals surface area contributed by atoms with Gasteiger partial charge in [-0.1, -0.05) is 0 Å². The van der Waals surface area contributed by atoms with Crippen LogP contribution in [0, 0.1) is 0 Å². The number of amides is 1. The number of thioether (sulfide) groups is 1. The molecule has 0 aromatic carbocycles. The Kier molecular flexibility index (Phi) is 10.6. The summed E-state index contributed by atoms with van der Waals surface area (Å²) >= 11 is 1.59. The molecule has 0 bridgehead atoms. The molecular weight excluding hydrogens is 318 g/mol. The Morgan fingerprint density at radius 3 is 2.62 bits per heavy atom. The molecular formula is C11H23N3O5S2. The highest BCUT2D eigenvalue weighted by atomic mass is 32.2. The number of carbonyl (C=O) groups excluding carboxylic acids is 2. The van der Waals surface area contributed by atoms with Crippen molar-refractivity contribution in [2.75, 3.05) is 24.3 Å². The molecule has 0 saturated carbocycles. The zero-order chi connectivity index (χ0) is 16.3. The zero-order valence-electron chi connectivity index (χ0n) is 12.2. The topological polar surface area (TPSA) is 125 Å². The van der Waals surface area contributed by atoms with Crippen LogP contribution in [-0.2, 0) is 19.7 Å². The van der Waals surface area contributed by atoms with E-state index in [1.807, 2.05) is 6.26 Å². The predicted octanol–water partition coefficient (Wildman–Crippen LogP) is -0.816. The van der Waals surface area contributed by atoms with E-state index in [1.165, 1.54) is 0 Å². The Morgan fingerprint density at radius 1 is 1.43 bits per heavy atom. The summed E-state index contributed by atoms with van der Waals surface area (Å²) in [6.45, 7) is 1.89. The summed E-state index contributed by atoms with van der Waals surface area (Å²) in [5.74, 6) is 0.110. The summed E-state index contributed by atoms with van der Waals surface area (Å²) in [4.78, 5) is 22.6. The molecule has 1 unspecified atom stereocenters. The van der Waals surface area contributed by atoms with Gasteiger partial charge in [-0.05, 0) is 31.8 Å². The number of hydrogen-bond acceptors (Lipinski definition) is 7. The van der Waals surface area contributed by atoms with Gasteiger partial charge in [0.1, 0.15) is 6.29 Å². The molecule has 124 valence electrons. The van der Waals surface area contributed by atoms with Gasteiger partial charge >= 0.3 is 0 Å². The molecule has 4 N–H and O–H groups in total.